The first-order chi connectivity index (χ1) is 7.66. The van der Waals surface area contributed by atoms with Gasteiger partial charge in [0.25, 0.3) is 0 Å². The molecule has 1 aromatic carbocycles. The van der Waals surface area contributed by atoms with E-state index in [1.165, 1.54) is 0 Å². The number of rotatable bonds is 2. The lowest BCUT2D eigenvalue weighted by Gasteiger charge is -2.16. The Kier molecular flexibility index (Phi) is 3.74. The van der Waals surface area contributed by atoms with E-state index in [4.69, 9.17) is 0 Å². The van der Waals surface area contributed by atoms with Gasteiger partial charge < -0.3 is 0 Å². The zero-order chi connectivity index (χ0) is 13.3. The quantitative estimate of drug-likeness (QED) is 0.674. The average Bonchev–Trinajstić information content (AvgIpc) is 2.15. The number of halogens is 6. The summed E-state index contributed by atoms with van der Waals surface area (Å²) >= 11 is 0. The first kappa shape index (κ1) is 13.9. The molecule has 0 unspecified atom stereocenters. The van der Waals surface area contributed by atoms with Gasteiger partial charge in [-0.3, -0.25) is 0 Å². The molecule has 1 aromatic rings. The van der Waals surface area contributed by atoms with Crippen LogP contribution in [0.1, 0.15) is 30.0 Å². The molecule has 0 spiro atoms. The van der Waals surface area contributed by atoms with Crippen LogP contribution < -0.4 is 0 Å². The lowest BCUT2D eigenvalue weighted by atomic mass is 10.0. The molecule has 0 aliphatic heterocycles. The van der Waals surface area contributed by atoms with Gasteiger partial charge in [-0.2, -0.15) is 26.3 Å². The fourth-order valence-electron chi connectivity index (χ4n) is 1.52. The summed E-state index contributed by atoms with van der Waals surface area (Å²) in [5, 5.41) is 0. The standard InChI is InChI=1S/C11H10F6/c1-2-3-7-4-5-8(10(12,13)14)9(6-7)11(15,16)17/h4-6H,2-3H2,1H3. The minimum absolute atomic E-state index is 0.257. The molecular formula is C11H10F6. The van der Waals surface area contributed by atoms with Crippen LogP contribution in [0.15, 0.2) is 18.2 Å². The largest absolute Gasteiger partial charge is 0.417 e. The summed E-state index contributed by atoms with van der Waals surface area (Å²) in [6.07, 6.45) is -9.09. The molecule has 0 atom stereocenters. The molecule has 0 amide bonds. The van der Waals surface area contributed by atoms with Crippen molar-refractivity contribution >= 4 is 0 Å². The molecule has 96 valence electrons. The summed E-state index contributed by atoms with van der Waals surface area (Å²) in [7, 11) is 0. The Hall–Kier alpha value is -1.20. The van der Waals surface area contributed by atoms with Crippen molar-refractivity contribution in [2.45, 2.75) is 32.1 Å². The molecule has 0 N–H and O–H groups in total. The first-order valence-corrected chi connectivity index (χ1v) is 4.93. The van der Waals surface area contributed by atoms with Gasteiger partial charge in [-0.1, -0.05) is 19.4 Å². The number of alkyl halides is 6. The highest BCUT2D eigenvalue weighted by Gasteiger charge is 2.42. The van der Waals surface area contributed by atoms with E-state index in [1.807, 2.05) is 0 Å². The predicted molar refractivity (Wildman–Crippen MR) is 50.4 cm³/mol. The van der Waals surface area contributed by atoms with Crippen molar-refractivity contribution in [1.82, 2.24) is 0 Å². The van der Waals surface area contributed by atoms with Crippen molar-refractivity contribution in [3.8, 4) is 0 Å². The molecule has 1 rings (SSSR count). The molecule has 0 aliphatic rings. The van der Waals surface area contributed by atoms with Crippen LogP contribution in [0.5, 0.6) is 0 Å². The molecule has 0 nitrogen and oxygen atoms in total. The highest BCUT2D eigenvalue weighted by molar-refractivity contribution is 5.36. The van der Waals surface area contributed by atoms with Crippen LogP contribution in [0.2, 0.25) is 0 Å². The normalized spacial score (nSPS) is 12.9. The average molecular weight is 256 g/mol. The van der Waals surface area contributed by atoms with Crippen molar-refractivity contribution in [3.05, 3.63) is 34.9 Å². The Balaban J connectivity index is 3.33. The first-order valence-electron chi connectivity index (χ1n) is 4.93. The van der Waals surface area contributed by atoms with Crippen LogP contribution in [0.25, 0.3) is 0 Å². The monoisotopic (exact) mass is 256 g/mol. The van der Waals surface area contributed by atoms with Gasteiger partial charge in [0.1, 0.15) is 0 Å². The van der Waals surface area contributed by atoms with Crippen molar-refractivity contribution in [2.24, 2.45) is 0 Å². The van der Waals surface area contributed by atoms with E-state index < -0.39 is 23.5 Å². The molecule has 0 saturated heterocycles. The van der Waals surface area contributed by atoms with E-state index in [1.54, 1.807) is 6.92 Å². The number of hydrogen-bond donors (Lipinski definition) is 0. The van der Waals surface area contributed by atoms with Crippen molar-refractivity contribution in [1.29, 1.82) is 0 Å². The number of aryl methyl sites for hydroxylation is 1. The molecule has 0 fully saturated rings. The smallest absolute Gasteiger partial charge is 0.166 e. The summed E-state index contributed by atoms with van der Waals surface area (Å²) in [4.78, 5) is 0. The van der Waals surface area contributed by atoms with Gasteiger partial charge >= 0.3 is 12.4 Å². The zero-order valence-electron chi connectivity index (χ0n) is 8.91. The van der Waals surface area contributed by atoms with Gasteiger partial charge in [0.2, 0.25) is 0 Å². The van der Waals surface area contributed by atoms with Crippen LogP contribution in [-0.4, -0.2) is 0 Å². The molecule has 0 saturated carbocycles. The molecule has 0 heterocycles. The van der Waals surface area contributed by atoms with Crippen LogP contribution in [0.3, 0.4) is 0 Å². The Morgan fingerprint density at radius 3 is 1.82 bits per heavy atom. The highest BCUT2D eigenvalue weighted by Crippen LogP contribution is 2.40. The topological polar surface area (TPSA) is 0 Å². The van der Waals surface area contributed by atoms with Crippen molar-refractivity contribution in [3.63, 3.8) is 0 Å². The number of benzene rings is 1. The molecule has 0 aliphatic carbocycles. The minimum atomic E-state index is -4.99. The zero-order valence-corrected chi connectivity index (χ0v) is 8.91. The molecule has 6 heteroatoms. The second-order valence-corrected chi connectivity index (χ2v) is 3.63. The third-order valence-electron chi connectivity index (χ3n) is 2.23. The summed E-state index contributed by atoms with van der Waals surface area (Å²) < 4.78 is 74.7. The van der Waals surface area contributed by atoms with Gasteiger partial charge in [-0.05, 0) is 24.1 Å². The third-order valence-corrected chi connectivity index (χ3v) is 2.23. The minimum Gasteiger partial charge on any atom is -0.166 e. The van der Waals surface area contributed by atoms with Crippen LogP contribution in [0, 0.1) is 0 Å². The number of hydrogen-bond acceptors (Lipinski definition) is 0. The van der Waals surface area contributed by atoms with E-state index in [9.17, 15) is 26.3 Å². The predicted octanol–water partition coefficient (Wildman–Crippen LogP) is 4.68. The van der Waals surface area contributed by atoms with Gasteiger partial charge in [-0.25, -0.2) is 0 Å². The lowest BCUT2D eigenvalue weighted by molar-refractivity contribution is -0.162. The molecule has 17 heavy (non-hydrogen) atoms. The second kappa shape index (κ2) is 4.58. The van der Waals surface area contributed by atoms with Gasteiger partial charge in [-0.15, -0.1) is 0 Å². The SMILES string of the molecule is CCCc1ccc(C(F)(F)F)c(C(F)(F)F)c1. The Morgan fingerprint density at radius 1 is 0.882 bits per heavy atom. The van der Waals surface area contributed by atoms with Gasteiger partial charge in [0, 0.05) is 0 Å². The molecule has 0 radical (unpaired) electrons. The fraction of sp³-hybridized carbons (Fsp3) is 0.455. The van der Waals surface area contributed by atoms with Crippen LogP contribution in [0.4, 0.5) is 26.3 Å². The van der Waals surface area contributed by atoms with Crippen molar-refractivity contribution < 1.29 is 26.3 Å². The van der Waals surface area contributed by atoms with E-state index in [0.717, 1.165) is 6.07 Å². The highest BCUT2D eigenvalue weighted by atomic mass is 19.4. The van der Waals surface area contributed by atoms with Crippen molar-refractivity contribution in [2.75, 3.05) is 0 Å². The second-order valence-electron chi connectivity index (χ2n) is 3.63. The molecule has 0 bridgehead atoms. The summed E-state index contributed by atoms with van der Waals surface area (Å²) in [6.45, 7) is 1.74. The van der Waals surface area contributed by atoms with E-state index in [-0.39, 0.29) is 5.56 Å². The van der Waals surface area contributed by atoms with E-state index in [2.05, 4.69) is 0 Å². The van der Waals surface area contributed by atoms with Crippen LogP contribution >= 0.6 is 0 Å². The van der Waals surface area contributed by atoms with Gasteiger partial charge in [0.05, 0.1) is 11.1 Å². The Morgan fingerprint density at radius 2 is 1.41 bits per heavy atom. The summed E-state index contributed by atoms with van der Waals surface area (Å²) in [6, 6.07) is 2.15. The fourth-order valence-corrected chi connectivity index (χ4v) is 1.52. The van der Waals surface area contributed by atoms with Gasteiger partial charge in [0.15, 0.2) is 0 Å². The van der Waals surface area contributed by atoms with Crippen LogP contribution in [-0.2, 0) is 18.8 Å². The lowest BCUT2D eigenvalue weighted by Crippen LogP contribution is -2.16. The molecule has 0 aromatic heterocycles. The van der Waals surface area contributed by atoms with E-state index >= 15 is 0 Å². The third kappa shape index (κ3) is 3.38. The van der Waals surface area contributed by atoms with E-state index in [0.29, 0.717) is 25.0 Å². The summed E-state index contributed by atoms with van der Waals surface area (Å²) in [5.41, 5.74) is -2.99. The maximum Gasteiger partial charge on any atom is 0.417 e. The Bertz CT molecular complexity index is 388. The maximum absolute atomic E-state index is 12.5. The molecular weight excluding hydrogens is 246 g/mol. The Labute approximate surface area is 94.2 Å². The maximum atomic E-state index is 12.5. The summed E-state index contributed by atoms with van der Waals surface area (Å²) in [5.74, 6) is 0.